The van der Waals surface area contributed by atoms with Gasteiger partial charge in [0, 0.05) is 6.54 Å². The minimum absolute atomic E-state index is 0.330. The van der Waals surface area contributed by atoms with E-state index < -0.39 is 0 Å². The summed E-state index contributed by atoms with van der Waals surface area (Å²) in [4.78, 5) is 2.38. The molecule has 0 atom stereocenters. The van der Waals surface area contributed by atoms with Gasteiger partial charge in [0.05, 0.1) is 5.60 Å². The van der Waals surface area contributed by atoms with E-state index in [9.17, 15) is 5.11 Å². The van der Waals surface area contributed by atoms with Gasteiger partial charge in [0.15, 0.2) is 0 Å². The predicted molar refractivity (Wildman–Crippen MR) is 55.8 cm³/mol. The average Bonchev–Trinajstić information content (AvgIpc) is 2.09. The van der Waals surface area contributed by atoms with Crippen molar-refractivity contribution in [2.75, 3.05) is 19.6 Å². The number of unbranched alkanes of at least 4 members (excludes halogenated alkanes) is 1. The lowest BCUT2D eigenvalue weighted by Gasteiger charge is -2.40. The Bertz CT molecular complexity index is 143. The Morgan fingerprint density at radius 2 is 2.00 bits per heavy atom. The number of hydrogen-bond acceptors (Lipinski definition) is 2. The fourth-order valence-electron chi connectivity index (χ4n) is 1.89. The third-order valence-electron chi connectivity index (χ3n) is 3.08. The summed E-state index contributed by atoms with van der Waals surface area (Å²) in [6, 6.07) is 0. The molecule has 78 valence electrons. The van der Waals surface area contributed by atoms with Crippen LogP contribution in [0.4, 0.5) is 0 Å². The molecule has 1 fully saturated rings. The summed E-state index contributed by atoms with van der Waals surface area (Å²) in [6.07, 6.45) is 5.73. The molecule has 0 aromatic rings. The molecule has 1 rings (SSSR count). The zero-order valence-corrected chi connectivity index (χ0v) is 9.05. The standard InChI is InChI=1S/C11H23NO/c1-3-5-9-12(4-2)10-11(13)7-6-8-11/h13H,3-10H2,1-2H3. The predicted octanol–water partition coefficient (Wildman–Crippen LogP) is 2.02. The second kappa shape index (κ2) is 4.97. The average molecular weight is 185 g/mol. The monoisotopic (exact) mass is 185 g/mol. The Morgan fingerprint density at radius 1 is 1.31 bits per heavy atom. The van der Waals surface area contributed by atoms with Gasteiger partial charge in [-0.25, -0.2) is 0 Å². The van der Waals surface area contributed by atoms with Crippen molar-refractivity contribution in [2.24, 2.45) is 0 Å². The maximum Gasteiger partial charge on any atom is 0.0774 e. The van der Waals surface area contributed by atoms with Gasteiger partial charge in [-0.1, -0.05) is 20.3 Å². The fraction of sp³-hybridized carbons (Fsp3) is 1.00. The Morgan fingerprint density at radius 3 is 2.38 bits per heavy atom. The molecule has 0 heterocycles. The van der Waals surface area contributed by atoms with Gasteiger partial charge in [-0.2, -0.15) is 0 Å². The first-order valence-electron chi connectivity index (χ1n) is 5.65. The largest absolute Gasteiger partial charge is 0.389 e. The van der Waals surface area contributed by atoms with E-state index in [1.54, 1.807) is 0 Å². The highest BCUT2D eigenvalue weighted by Gasteiger charge is 2.35. The molecule has 0 unspecified atom stereocenters. The Balaban J connectivity index is 2.22. The molecule has 1 saturated carbocycles. The fourth-order valence-corrected chi connectivity index (χ4v) is 1.89. The van der Waals surface area contributed by atoms with Crippen LogP contribution in [0.15, 0.2) is 0 Å². The lowest BCUT2D eigenvalue weighted by atomic mass is 9.80. The summed E-state index contributed by atoms with van der Waals surface area (Å²) in [5, 5.41) is 9.97. The van der Waals surface area contributed by atoms with Gasteiger partial charge < -0.3 is 10.0 Å². The summed E-state index contributed by atoms with van der Waals surface area (Å²) < 4.78 is 0. The Kier molecular flexibility index (Phi) is 4.20. The third kappa shape index (κ3) is 3.28. The molecular weight excluding hydrogens is 162 g/mol. The summed E-state index contributed by atoms with van der Waals surface area (Å²) >= 11 is 0. The van der Waals surface area contributed by atoms with Crippen LogP contribution in [0.2, 0.25) is 0 Å². The molecule has 2 nitrogen and oxygen atoms in total. The van der Waals surface area contributed by atoms with Gasteiger partial charge in [-0.15, -0.1) is 0 Å². The van der Waals surface area contributed by atoms with E-state index in [0.29, 0.717) is 0 Å². The molecule has 0 aliphatic heterocycles. The normalized spacial score (nSPS) is 20.3. The number of nitrogens with zero attached hydrogens (tertiary/aromatic N) is 1. The van der Waals surface area contributed by atoms with Crippen LogP contribution in [0.5, 0.6) is 0 Å². The quantitative estimate of drug-likeness (QED) is 0.684. The van der Waals surface area contributed by atoms with Gasteiger partial charge in [0.25, 0.3) is 0 Å². The molecule has 0 aromatic carbocycles. The Hall–Kier alpha value is -0.0800. The van der Waals surface area contributed by atoms with Crippen LogP contribution >= 0.6 is 0 Å². The van der Waals surface area contributed by atoms with E-state index in [-0.39, 0.29) is 5.60 Å². The number of rotatable bonds is 6. The van der Waals surface area contributed by atoms with E-state index in [4.69, 9.17) is 0 Å². The molecule has 1 aliphatic carbocycles. The minimum Gasteiger partial charge on any atom is -0.389 e. The molecule has 1 aliphatic rings. The summed E-state index contributed by atoms with van der Waals surface area (Å²) in [6.45, 7) is 7.50. The topological polar surface area (TPSA) is 23.5 Å². The second-order valence-corrected chi connectivity index (χ2v) is 4.30. The molecular formula is C11H23NO. The van der Waals surface area contributed by atoms with Gasteiger partial charge in [-0.3, -0.25) is 0 Å². The van der Waals surface area contributed by atoms with Crippen LogP contribution in [-0.2, 0) is 0 Å². The second-order valence-electron chi connectivity index (χ2n) is 4.30. The van der Waals surface area contributed by atoms with Gasteiger partial charge in [0.1, 0.15) is 0 Å². The highest BCUT2D eigenvalue weighted by molar-refractivity contribution is 4.90. The van der Waals surface area contributed by atoms with Gasteiger partial charge >= 0.3 is 0 Å². The lowest BCUT2D eigenvalue weighted by Crippen LogP contribution is -2.48. The molecule has 0 radical (unpaired) electrons. The number of likely N-dealkylation sites (N-methyl/N-ethyl adjacent to an activating group) is 1. The van der Waals surface area contributed by atoms with E-state index in [2.05, 4.69) is 18.7 Å². The van der Waals surface area contributed by atoms with Crippen LogP contribution in [0, 0.1) is 0 Å². The van der Waals surface area contributed by atoms with Crippen molar-refractivity contribution in [1.29, 1.82) is 0 Å². The molecule has 0 amide bonds. The van der Waals surface area contributed by atoms with Crippen molar-refractivity contribution in [1.82, 2.24) is 4.90 Å². The minimum atomic E-state index is -0.330. The first-order chi connectivity index (χ1) is 6.20. The van der Waals surface area contributed by atoms with Crippen LogP contribution in [0.25, 0.3) is 0 Å². The molecule has 0 saturated heterocycles. The third-order valence-corrected chi connectivity index (χ3v) is 3.08. The van der Waals surface area contributed by atoms with Crippen molar-refractivity contribution in [3.05, 3.63) is 0 Å². The molecule has 2 heteroatoms. The maximum absolute atomic E-state index is 9.97. The smallest absolute Gasteiger partial charge is 0.0774 e. The van der Waals surface area contributed by atoms with Crippen LogP contribution in [-0.4, -0.2) is 35.2 Å². The highest BCUT2D eigenvalue weighted by Crippen LogP contribution is 2.32. The van der Waals surface area contributed by atoms with Crippen molar-refractivity contribution < 1.29 is 5.11 Å². The molecule has 0 bridgehead atoms. The van der Waals surface area contributed by atoms with Crippen LogP contribution in [0.3, 0.4) is 0 Å². The summed E-state index contributed by atoms with van der Waals surface area (Å²) in [5.74, 6) is 0. The zero-order valence-electron chi connectivity index (χ0n) is 9.05. The molecule has 13 heavy (non-hydrogen) atoms. The van der Waals surface area contributed by atoms with E-state index in [0.717, 1.165) is 32.5 Å². The van der Waals surface area contributed by atoms with Crippen molar-refractivity contribution >= 4 is 0 Å². The van der Waals surface area contributed by atoms with E-state index in [1.807, 2.05) is 0 Å². The van der Waals surface area contributed by atoms with Crippen molar-refractivity contribution in [2.45, 2.75) is 51.6 Å². The Labute approximate surface area is 81.9 Å². The van der Waals surface area contributed by atoms with Gasteiger partial charge in [-0.05, 0) is 38.8 Å². The highest BCUT2D eigenvalue weighted by atomic mass is 16.3. The van der Waals surface area contributed by atoms with E-state index >= 15 is 0 Å². The van der Waals surface area contributed by atoms with Crippen molar-refractivity contribution in [3.63, 3.8) is 0 Å². The van der Waals surface area contributed by atoms with E-state index in [1.165, 1.54) is 19.3 Å². The summed E-state index contributed by atoms with van der Waals surface area (Å²) in [5.41, 5.74) is -0.330. The van der Waals surface area contributed by atoms with Gasteiger partial charge in [0.2, 0.25) is 0 Å². The lowest BCUT2D eigenvalue weighted by molar-refractivity contribution is -0.0580. The van der Waals surface area contributed by atoms with Crippen LogP contribution in [0.1, 0.15) is 46.0 Å². The first kappa shape index (κ1) is 11.0. The number of hydrogen-bond donors (Lipinski definition) is 1. The van der Waals surface area contributed by atoms with Crippen molar-refractivity contribution in [3.8, 4) is 0 Å². The first-order valence-corrected chi connectivity index (χ1v) is 5.65. The number of aliphatic hydroxyl groups is 1. The molecule has 0 spiro atoms. The zero-order chi connectivity index (χ0) is 9.73. The maximum atomic E-state index is 9.97. The van der Waals surface area contributed by atoms with Crippen LogP contribution < -0.4 is 0 Å². The molecule has 1 N–H and O–H groups in total. The SMILES string of the molecule is CCCCN(CC)CC1(O)CCC1. The molecule has 0 aromatic heterocycles. The summed E-state index contributed by atoms with van der Waals surface area (Å²) in [7, 11) is 0.